The second-order valence-electron chi connectivity index (χ2n) is 7.12. The normalized spacial score (nSPS) is 12.8. The number of hydrogen-bond donors (Lipinski definition) is 0. The van der Waals surface area contributed by atoms with Gasteiger partial charge in [-0.1, -0.05) is 48.5 Å². The topological polar surface area (TPSA) is 6.25 Å². The molecule has 142 valence electrons. The highest BCUT2D eigenvalue weighted by molar-refractivity contribution is 6.03. The zero-order chi connectivity index (χ0) is 20.1. The van der Waals surface area contributed by atoms with Crippen LogP contribution in [0.5, 0.6) is 0 Å². The van der Waals surface area contributed by atoms with E-state index in [4.69, 9.17) is 0 Å². The van der Waals surface area contributed by atoms with E-state index in [9.17, 15) is 0 Å². The van der Waals surface area contributed by atoms with Crippen LogP contribution >= 0.6 is 0 Å². The molecule has 0 amide bonds. The lowest BCUT2D eigenvalue weighted by Crippen LogP contribution is -2.10. The Balaban J connectivity index is 1.49. The van der Waals surface area contributed by atoms with Crippen molar-refractivity contribution in [3.05, 3.63) is 120 Å². The highest BCUT2D eigenvalue weighted by Crippen LogP contribution is 2.24. The fourth-order valence-corrected chi connectivity index (χ4v) is 3.38. The zero-order valence-electron chi connectivity index (χ0n) is 16.9. The summed E-state index contributed by atoms with van der Waals surface area (Å²) in [5.41, 5.74) is 7.10. The minimum atomic E-state index is 1.17. The van der Waals surface area contributed by atoms with E-state index in [-0.39, 0.29) is 0 Å². The average molecular weight is 378 g/mol. The molecule has 0 aliphatic heterocycles. The lowest BCUT2D eigenvalue weighted by atomic mass is 10.0. The Morgan fingerprint density at radius 3 is 1.83 bits per heavy atom. The van der Waals surface area contributed by atoms with Gasteiger partial charge < -0.3 is 4.90 Å². The van der Waals surface area contributed by atoms with Crippen LogP contribution in [-0.4, -0.2) is 24.4 Å². The van der Waals surface area contributed by atoms with Gasteiger partial charge >= 0.3 is 0 Å². The van der Waals surface area contributed by atoms with Gasteiger partial charge in [-0.15, -0.1) is 0 Å². The molecule has 0 radical (unpaired) electrons. The van der Waals surface area contributed by atoms with Gasteiger partial charge in [-0.05, 0) is 53.6 Å². The molecule has 1 aliphatic carbocycles. The van der Waals surface area contributed by atoms with Crippen molar-refractivity contribution < 1.29 is 4.58 Å². The zero-order valence-corrected chi connectivity index (χ0v) is 16.9. The number of anilines is 2. The number of hydrogen-bond acceptors (Lipinski definition) is 1. The van der Waals surface area contributed by atoms with Gasteiger partial charge in [0.15, 0.2) is 0 Å². The summed E-state index contributed by atoms with van der Waals surface area (Å²) in [5.74, 6) is 0. The third-order valence-corrected chi connectivity index (χ3v) is 5.18. The molecule has 0 heterocycles. The van der Waals surface area contributed by atoms with Crippen LogP contribution in [0.3, 0.4) is 0 Å². The Hall–Kier alpha value is -3.65. The van der Waals surface area contributed by atoms with Gasteiger partial charge in [0.05, 0.1) is 0 Å². The molecular formula is C27H25N2+. The van der Waals surface area contributed by atoms with Crippen LogP contribution in [0.2, 0.25) is 0 Å². The molecule has 0 aromatic heterocycles. The van der Waals surface area contributed by atoms with Crippen molar-refractivity contribution in [3.8, 4) is 0 Å². The first kappa shape index (κ1) is 18.7. The van der Waals surface area contributed by atoms with Gasteiger partial charge in [0.25, 0.3) is 0 Å². The SMILES string of the molecule is CN(c1ccccc1)c1ccc(C=C2C=CC(=[N+](C)c3ccccc3)C=C2)cc1. The van der Waals surface area contributed by atoms with Gasteiger partial charge in [-0.2, -0.15) is 4.58 Å². The van der Waals surface area contributed by atoms with Crippen LogP contribution in [-0.2, 0) is 0 Å². The highest BCUT2D eigenvalue weighted by atomic mass is 15.1. The van der Waals surface area contributed by atoms with Crippen molar-refractivity contribution in [1.29, 1.82) is 0 Å². The predicted octanol–water partition coefficient (Wildman–Crippen LogP) is 6.38. The van der Waals surface area contributed by atoms with E-state index in [0.717, 1.165) is 0 Å². The second-order valence-corrected chi connectivity index (χ2v) is 7.12. The summed E-state index contributed by atoms with van der Waals surface area (Å²) in [4.78, 5) is 2.19. The monoisotopic (exact) mass is 377 g/mol. The van der Waals surface area contributed by atoms with Crippen LogP contribution in [0.1, 0.15) is 5.56 Å². The summed E-state index contributed by atoms with van der Waals surface area (Å²) in [6, 6.07) is 29.5. The van der Waals surface area contributed by atoms with Crippen LogP contribution in [0.15, 0.2) is 115 Å². The summed E-state index contributed by atoms with van der Waals surface area (Å²) < 4.78 is 2.19. The van der Waals surface area contributed by atoms with E-state index < -0.39 is 0 Å². The summed E-state index contributed by atoms with van der Waals surface area (Å²) in [7, 11) is 4.19. The molecule has 0 N–H and O–H groups in total. The Morgan fingerprint density at radius 1 is 0.655 bits per heavy atom. The van der Waals surface area contributed by atoms with Crippen LogP contribution in [0.25, 0.3) is 6.08 Å². The Bertz CT molecular complexity index is 1070. The molecular weight excluding hydrogens is 352 g/mol. The maximum atomic E-state index is 2.21. The summed E-state index contributed by atoms with van der Waals surface area (Å²) in [6.45, 7) is 0. The van der Waals surface area contributed by atoms with Crippen molar-refractivity contribution in [2.75, 3.05) is 19.0 Å². The fourth-order valence-electron chi connectivity index (χ4n) is 3.38. The minimum Gasteiger partial charge on any atom is -0.345 e. The van der Waals surface area contributed by atoms with Crippen molar-refractivity contribution in [2.45, 2.75) is 0 Å². The van der Waals surface area contributed by atoms with Gasteiger partial charge in [0.2, 0.25) is 11.4 Å². The van der Waals surface area contributed by atoms with Crippen molar-refractivity contribution in [2.24, 2.45) is 0 Å². The Morgan fingerprint density at radius 2 is 1.21 bits per heavy atom. The number of allylic oxidation sites excluding steroid dienone is 5. The van der Waals surface area contributed by atoms with E-state index in [1.165, 1.54) is 33.9 Å². The van der Waals surface area contributed by atoms with Gasteiger partial charge in [0.1, 0.15) is 7.05 Å². The molecule has 29 heavy (non-hydrogen) atoms. The summed E-state index contributed by atoms with van der Waals surface area (Å²) >= 11 is 0. The Kier molecular flexibility index (Phi) is 5.53. The van der Waals surface area contributed by atoms with E-state index >= 15 is 0 Å². The molecule has 2 nitrogen and oxygen atoms in total. The van der Waals surface area contributed by atoms with Crippen molar-refractivity contribution in [1.82, 2.24) is 0 Å². The molecule has 2 heteroatoms. The third kappa shape index (κ3) is 4.44. The van der Waals surface area contributed by atoms with Gasteiger partial charge in [0, 0.05) is 42.7 Å². The minimum absolute atomic E-state index is 1.17. The molecule has 3 aromatic rings. The third-order valence-electron chi connectivity index (χ3n) is 5.18. The molecule has 0 saturated heterocycles. The van der Waals surface area contributed by atoms with Crippen molar-refractivity contribution >= 4 is 28.8 Å². The van der Waals surface area contributed by atoms with E-state index in [1.807, 2.05) is 12.1 Å². The first-order valence-electron chi connectivity index (χ1n) is 9.83. The smallest absolute Gasteiger partial charge is 0.205 e. The van der Waals surface area contributed by atoms with Gasteiger partial charge in [-0.25, -0.2) is 0 Å². The molecule has 1 aliphatic rings. The maximum Gasteiger partial charge on any atom is 0.205 e. The standard InChI is InChI=1S/C27H25N2/c1-28(24-9-5-3-6-10-24)26-17-13-22(14-18-26)21-23-15-19-27(20-16-23)29(2)25-11-7-4-8-12-25/h3-21H,1-2H3/q+1. The molecule has 0 unspecified atom stereocenters. The van der Waals surface area contributed by atoms with Crippen molar-refractivity contribution in [3.63, 3.8) is 0 Å². The lowest BCUT2D eigenvalue weighted by Gasteiger charge is -2.19. The molecule has 3 aromatic carbocycles. The quantitative estimate of drug-likeness (QED) is 0.478. The Labute approximate surface area is 173 Å². The van der Waals surface area contributed by atoms with Crippen LogP contribution in [0, 0.1) is 0 Å². The molecule has 4 rings (SSSR count). The first-order chi connectivity index (χ1) is 14.2. The number of benzene rings is 3. The van der Waals surface area contributed by atoms with E-state index in [0.29, 0.717) is 0 Å². The van der Waals surface area contributed by atoms with Crippen LogP contribution < -0.4 is 4.90 Å². The molecule has 0 fully saturated rings. The predicted molar refractivity (Wildman–Crippen MR) is 124 cm³/mol. The molecule has 0 atom stereocenters. The van der Waals surface area contributed by atoms with Crippen LogP contribution in [0.4, 0.5) is 17.1 Å². The average Bonchev–Trinajstić information content (AvgIpc) is 2.80. The van der Waals surface area contributed by atoms with Gasteiger partial charge in [-0.3, -0.25) is 0 Å². The highest BCUT2D eigenvalue weighted by Gasteiger charge is 2.10. The van der Waals surface area contributed by atoms with E-state index in [2.05, 4.69) is 127 Å². The molecule has 0 bridgehead atoms. The number of para-hydroxylation sites is 2. The number of nitrogens with zero attached hydrogens (tertiary/aromatic N) is 2. The first-order valence-corrected chi connectivity index (χ1v) is 9.83. The van der Waals surface area contributed by atoms with E-state index in [1.54, 1.807) is 0 Å². The fraction of sp³-hybridized carbons (Fsp3) is 0.0741. The second kappa shape index (κ2) is 8.57. The largest absolute Gasteiger partial charge is 0.345 e. The summed E-state index contributed by atoms with van der Waals surface area (Å²) in [5, 5.41) is 0. The maximum absolute atomic E-state index is 2.21. The summed E-state index contributed by atoms with van der Waals surface area (Å²) in [6.07, 6.45) is 10.9. The lowest BCUT2D eigenvalue weighted by molar-refractivity contribution is -0.403. The number of rotatable bonds is 4. The molecule has 0 spiro atoms. The molecule has 0 saturated carbocycles.